The summed E-state index contributed by atoms with van der Waals surface area (Å²) in [4.78, 5) is 25.7. The van der Waals surface area contributed by atoms with Gasteiger partial charge in [0.1, 0.15) is 23.9 Å². The molecular weight excluding hydrogens is 425 g/mol. The van der Waals surface area contributed by atoms with E-state index in [0.717, 1.165) is 12.8 Å². The minimum absolute atomic E-state index is 0.270. The van der Waals surface area contributed by atoms with Gasteiger partial charge in [-0.2, -0.15) is 5.26 Å². The van der Waals surface area contributed by atoms with E-state index in [9.17, 15) is 14.3 Å². The Kier molecular flexibility index (Phi) is 6.07. The minimum Gasteiger partial charge on any atom is -0.387 e. The molecule has 170 valence electrons. The van der Waals surface area contributed by atoms with Gasteiger partial charge in [-0.1, -0.05) is 0 Å². The van der Waals surface area contributed by atoms with E-state index in [1.165, 1.54) is 26.2 Å². The van der Waals surface area contributed by atoms with E-state index < -0.39 is 17.7 Å². The Labute approximate surface area is 190 Å². The monoisotopic (exact) mass is 449 g/mol. The Balaban J connectivity index is 1.54. The Morgan fingerprint density at radius 3 is 2.73 bits per heavy atom. The van der Waals surface area contributed by atoms with E-state index >= 15 is 0 Å². The van der Waals surface area contributed by atoms with E-state index in [1.54, 1.807) is 24.3 Å². The second kappa shape index (κ2) is 8.96. The van der Waals surface area contributed by atoms with Crippen LogP contribution in [-0.4, -0.2) is 50.3 Å². The SMILES string of the molecule is CC(C)(O)C(F)CNC(=O)c1cnc(Nc2ccc3ncc(C#N)cc3n2)cc1NC1CC1. The van der Waals surface area contributed by atoms with Crippen molar-refractivity contribution < 1.29 is 14.3 Å². The van der Waals surface area contributed by atoms with Gasteiger partial charge >= 0.3 is 0 Å². The van der Waals surface area contributed by atoms with Crippen LogP contribution in [0.5, 0.6) is 0 Å². The average molecular weight is 449 g/mol. The van der Waals surface area contributed by atoms with Crippen LogP contribution in [0, 0.1) is 11.3 Å². The zero-order chi connectivity index (χ0) is 23.6. The normalized spacial score (nSPS) is 14.4. The highest BCUT2D eigenvalue weighted by Gasteiger charge is 2.28. The topological polar surface area (TPSA) is 136 Å². The summed E-state index contributed by atoms with van der Waals surface area (Å²) in [6.45, 7) is 2.39. The molecule has 3 aromatic rings. The molecule has 0 radical (unpaired) electrons. The Morgan fingerprint density at radius 1 is 1.24 bits per heavy atom. The van der Waals surface area contributed by atoms with Gasteiger partial charge in [0.15, 0.2) is 0 Å². The van der Waals surface area contributed by atoms with E-state index in [2.05, 4.69) is 30.9 Å². The number of anilines is 3. The van der Waals surface area contributed by atoms with Crippen LogP contribution in [-0.2, 0) is 0 Å². The number of aromatic nitrogens is 3. The van der Waals surface area contributed by atoms with Crippen LogP contribution in [0.3, 0.4) is 0 Å². The molecule has 1 atom stereocenters. The Bertz CT molecular complexity index is 1230. The second-order valence-corrected chi connectivity index (χ2v) is 8.56. The fourth-order valence-corrected chi connectivity index (χ4v) is 3.07. The summed E-state index contributed by atoms with van der Waals surface area (Å²) in [5, 5.41) is 27.7. The van der Waals surface area contributed by atoms with Gasteiger partial charge in [-0.05, 0) is 44.9 Å². The Hall–Kier alpha value is -3.84. The van der Waals surface area contributed by atoms with Crippen LogP contribution in [0.4, 0.5) is 21.7 Å². The smallest absolute Gasteiger partial charge is 0.255 e. The number of nitrogens with one attached hydrogen (secondary N) is 3. The third kappa shape index (κ3) is 5.51. The van der Waals surface area contributed by atoms with Crippen molar-refractivity contribution in [1.82, 2.24) is 20.3 Å². The fraction of sp³-hybridized carbons (Fsp3) is 0.348. The number of carbonyl (C=O) groups excluding carboxylic acids is 1. The quantitative estimate of drug-likeness (QED) is 0.412. The van der Waals surface area contributed by atoms with Crippen LogP contribution >= 0.6 is 0 Å². The molecule has 0 aliphatic heterocycles. The van der Waals surface area contributed by atoms with E-state index in [4.69, 9.17) is 5.26 Å². The molecule has 0 saturated heterocycles. The molecule has 4 N–H and O–H groups in total. The maximum atomic E-state index is 14.0. The molecule has 4 rings (SSSR count). The van der Waals surface area contributed by atoms with Crippen molar-refractivity contribution in [2.45, 2.75) is 44.5 Å². The molecule has 0 bridgehead atoms. The predicted molar refractivity (Wildman–Crippen MR) is 122 cm³/mol. The molecule has 1 amide bonds. The van der Waals surface area contributed by atoms with Crippen LogP contribution in [0.2, 0.25) is 0 Å². The van der Waals surface area contributed by atoms with Crippen LogP contribution in [0.15, 0.2) is 36.7 Å². The number of nitrogens with zero attached hydrogens (tertiary/aromatic N) is 4. The lowest BCUT2D eigenvalue weighted by Crippen LogP contribution is -2.42. The van der Waals surface area contributed by atoms with Gasteiger partial charge in [-0.3, -0.25) is 9.78 Å². The number of hydrogen-bond donors (Lipinski definition) is 4. The number of aliphatic hydroxyl groups is 1. The van der Waals surface area contributed by atoms with Crippen molar-refractivity contribution in [3.8, 4) is 6.07 Å². The van der Waals surface area contributed by atoms with Crippen molar-refractivity contribution in [2.24, 2.45) is 0 Å². The third-order valence-electron chi connectivity index (χ3n) is 5.22. The van der Waals surface area contributed by atoms with Crippen LogP contribution < -0.4 is 16.0 Å². The van der Waals surface area contributed by atoms with Gasteiger partial charge in [0.05, 0.1) is 40.0 Å². The number of amides is 1. The maximum Gasteiger partial charge on any atom is 0.255 e. The first-order valence-corrected chi connectivity index (χ1v) is 10.6. The van der Waals surface area contributed by atoms with E-state index in [-0.39, 0.29) is 18.2 Å². The highest BCUT2D eigenvalue weighted by Crippen LogP contribution is 2.29. The molecule has 1 aliphatic carbocycles. The Morgan fingerprint density at radius 2 is 2.03 bits per heavy atom. The third-order valence-corrected chi connectivity index (χ3v) is 5.22. The molecule has 3 heterocycles. The minimum atomic E-state index is -1.61. The van der Waals surface area contributed by atoms with E-state index in [0.29, 0.717) is 33.9 Å². The molecular formula is C23H24FN7O2. The largest absolute Gasteiger partial charge is 0.387 e. The van der Waals surface area contributed by atoms with Gasteiger partial charge in [0.25, 0.3) is 5.91 Å². The van der Waals surface area contributed by atoms with Gasteiger partial charge in [0, 0.05) is 24.5 Å². The van der Waals surface area contributed by atoms with Crippen molar-refractivity contribution in [1.29, 1.82) is 5.26 Å². The summed E-state index contributed by atoms with van der Waals surface area (Å²) in [5.74, 6) is 0.487. The number of halogens is 1. The summed E-state index contributed by atoms with van der Waals surface area (Å²) < 4.78 is 14.0. The summed E-state index contributed by atoms with van der Waals surface area (Å²) in [7, 11) is 0. The molecule has 3 aromatic heterocycles. The molecule has 9 nitrogen and oxygen atoms in total. The number of pyridine rings is 3. The van der Waals surface area contributed by atoms with Gasteiger partial charge < -0.3 is 21.1 Å². The first kappa shape index (κ1) is 22.4. The van der Waals surface area contributed by atoms with Gasteiger partial charge in [0.2, 0.25) is 0 Å². The fourth-order valence-electron chi connectivity index (χ4n) is 3.07. The summed E-state index contributed by atoms with van der Waals surface area (Å²) in [5.41, 5.74) is 0.943. The first-order chi connectivity index (χ1) is 15.7. The molecule has 1 unspecified atom stereocenters. The summed E-state index contributed by atoms with van der Waals surface area (Å²) in [6, 6.07) is 9.20. The maximum absolute atomic E-state index is 14.0. The van der Waals surface area contributed by atoms with Crippen LogP contribution in [0.25, 0.3) is 11.0 Å². The van der Waals surface area contributed by atoms with Crippen molar-refractivity contribution in [3.05, 3.63) is 47.8 Å². The first-order valence-electron chi connectivity index (χ1n) is 10.6. The van der Waals surface area contributed by atoms with Crippen molar-refractivity contribution in [2.75, 3.05) is 17.2 Å². The standard InChI is InChI=1S/C23H24FN7O2/c1-23(2,33)19(24)12-28-22(32)15-11-27-21(8-17(15)29-14-3-4-14)31-20-6-5-16-18(30-20)7-13(9-25)10-26-16/h5-8,10-11,14,19,33H,3-4,12H2,1-2H3,(H,28,32)(H2,27,29,30,31). The molecule has 33 heavy (non-hydrogen) atoms. The number of fused-ring (bicyclic) bond motifs is 1. The molecule has 1 aliphatic rings. The zero-order valence-electron chi connectivity index (χ0n) is 18.3. The second-order valence-electron chi connectivity index (χ2n) is 8.56. The average Bonchev–Trinajstić information content (AvgIpc) is 3.60. The summed E-state index contributed by atoms with van der Waals surface area (Å²) >= 11 is 0. The number of rotatable bonds is 8. The number of hydrogen-bond acceptors (Lipinski definition) is 8. The van der Waals surface area contributed by atoms with Crippen molar-refractivity contribution >= 4 is 34.3 Å². The number of carbonyl (C=O) groups is 1. The molecule has 10 heteroatoms. The van der Waals surface area contributed by atoms with E-state index in [1.807, 2.05) is 6.07 Å². The molecule has 0 aromatic carbocycles. The lowest BCUT2D eigenvalue weighted by atomic mass is 10.0. The van der Waals surface area contributed by atoms with Crippen LogP contribution in [0.1, 0.15) is 42.6 Å². The van der Waals surface area contributed by atoms with Gasteiger partial charge in [-0.15, -0.1) is 0 Å². The summed E-state index contributed by atoms with van der Waals surface area (Å²) in [6.07, 6.45) is 3.29. The van der Waals surface area contributed by atoms with Gasteiger partial charge in [-0.25, -0.2) is 14.4 Å². The molecule has 1 saturated carbocycles. The highest BCUT2D eigenvalue weighted by molar-refractivity contribution is 6.00. The highest BCUT2D eigenvalue weighted by atomic mass is 19.1. The zero-order valence-corrected chi connectivity index (χ0v) is 18.3. The van der Waals surface area contributed by atoms with Crippen molar-refractivity contribution in [3.63, 3.8) is 0 Å². The molecule has 1 fully saturated rings. The number of alkyl halides is 1. The lowest BCUT2D eigenvalue weighted by molar-refractivity contribution is -0.00177. The predicted octanol–water partition coefficient (Wildman–Crippen LogP) is 3.05. The molecule has 0 spiro atoms. The lowest BCUT2D eigenvalue weighted by Gasteiger charge is -2.22. The number of nitriles is 1.